The molecule has 24 heavy (non-hydrogen) atoms. The van der Waals surface area contributed by atoms with Gasteiger partial charge in [-0.05, 0) is 24.3 Å². The van der Waals surface area contributed by atoms with Gasteiger partial charge in [0, 0.05) is 6.42 Å². The summed E-state index contributed by atoms with van der Waals surface area (Å²) in [6.45, 7) is -0.0549. The summed E-state index contributed by atoms with van der Waals surface area (Å²) in [4.78, 5) is 18.4. The van der Waals surface area contributed by atoms with Crippen LogP contribution in [0.2, 0.25) is 0 Å². The zero-order valence-corrected chi connectivity index (χ0v) is 14.3. The van der Waals surface area contributed by atoms with Crippen molar-refractivity contribution in [1.29, 1.82) is 0 Å². The van der Waals surface area contributed by atoms with Crippen LogP contribution < -0.4 is 4.74 Å². The molecule has 8 nitrogen and oxygen atoms in total. The Kier molecular flexibility index (Phi) is 5.16. The van der Waals surface area contributed by atoms with Crippen LogP contribution in [0.25, 0.3) is 0 Å². The highest BCUT2D eigenvalue weighted by molar-refractivity contribution is 7.89. The molecule has 1 aliphatic heterocycles. The molecule has 0 radical (unpaired) electrons. The number of nitrogens with one attached hydrogen (secondary N) is 1. The number of carboxylic acids is 1. The molecule has 1 aliphatic rings. The van der Waals surface area contributed by atoms with E-state index in [-0.39, 0.29) is 30.3 Å². The number of imidazole rings is 1. The first-order valence-electron chi connectivity index (χ1n) is 6.83. The van der Waals surface area contributed by atoms with E-state index in [0.29, 0.717) is 17.1 Å². The molecule has 1 aromatic heterocycles. The van der Waals surface area contributed by atoms with Crippen LogP contribution in [-0.4, -0.2) is 46.9 Å². The summed E-state index contributed by atoms with van der Waals surface area (Å²) in [5.41, 5.74) is 1.19. The Morgan fingerprint density at radius 3 is 2.62 bits per heavy atom. The Balaban J connectivity index is 0.00000208. The maximum atomic E-state index is 12.8. The van der Waals surface area contributed by atoms with E-state index < -0.39 is 22.0 Å². The number of hydrogen-bond acceptors (Lipinski definition) is 5. The van der Waals surface area contributed by atoms with Gasteiger partial charge in [0.2, 0.25) is 10.0 Å². The number of fused-ring (bicyclic) bond motifs is 1. The van der Waals surface area contributed by atoms with Gasteiger partial charge >= 0.3 is 5.97 Å². The maximum Gasteiger partial charge on any atom is 0.322 e. The second kappa shape index (κ2) is 6.80. The number of carbonyl (C=O) groups is 1. The number of H-pyrrole nitrogens is 1. The number of aromatic nitrogens is 2. The second-order valence-corrected chi connectivity index (χ2v) is 7.00. The molecule has 0 amide bonds. The number of nitrogens with zero attached hydrogens (tertiary/aromatic N) is 2. The SMILES string of the molecule is COc1ccc(S(=O)(=O)N2Cc3[nH]cnc3C[C@@H]2C(=O)O)cc1.Cl. The molecule has 0 aliphatic carbocycles. The van der Waals surface area contributed by atoms with Crippen molar-refractivity contribution in [3.8, 4) is 5.75 Å². The molecule has 1 aromatic carbocycles. The van der Waals surface area contributed by atoms with Gasteiger partial charge in [0.05, 0.1) is 36.3 Å². The van der Waals surface area contributed by atoms with Crippen molar-refractivity contribution >= 4 is 28.4 Å². The number of ether oxygens (including phenoxy) is 1. The number of sulfonamides is 1. The summed E-state index contributed by atoms with van der Waals surface area (Å²) >= 11 is 0. The van der Waals surface area contributed by atoms with Crippen LogP contribution in [-0.2, 0) is 27.8 Å². The maximum absolute atomic E-state index is 12.8. The molecule has 0 bridgehead atoms. The van der Waals surface area contributed by atoms with Gasteiger partial charge in [-0.2, -0.15) is 4.31 Å². The van der Waals surface area contributed by atoms with Crippen molar-refractivity contribution in [3.05, 3.63) is 42.0 Å². The number of carboxylic acid groups (broad SMARTS) is 1. The summed E-state index contributed by atoms with van der Waals surface area (Å²) in [5.74, 6) is -0.677. The molecule has 0 spiro atoms. The van der Waals surface area contributed by atoms with E-state index in [1.165, 1.54) is 37.7 Å². The van der Waals surface area contributed by atoms with Crippen molar-refractivity contribution in [3.63, 3.8) is 0 Å². The fourth-order valence-electron chi connectivity index (χ4n) is 2.56. The summed E-state index contributed by atoms with van der Waals surface area (Å²) < 4.78 is 31.6. The van der Waals surface area contributed by atoms with Crippen molar-refractivity contribution in [2.24, 2.45) is 0 Å². The molecule has 3 rings (SSSR count). The molecule has 130 valence electrons. The number of aliphatic carboxylic acids is 1. The number of hydrogen-bond donors (Lipinski definition) is 2. The van der Waals surface area contributed by atoms with Crippen LogP contribution in [0, 0.1) is 0 Å². The first kappa shape index (κ1) is 18.2. The minimum absolute atomic E-state index is 0. The summed E-state index contributed by atoms with van der Waals surface area (Å²) in [5, 5.41) is 9.40. The van der Waals surface area contributed by atoms with Gasteiger partial charge in [-0.15, -0.1) is 12.4 Å². The zero-order valence-electron chi connectivity index (χ0n) is 12.7. The average Bonchev–Trinajstić information content (AvgIpc) is 3.01. The predicted octanol–water partition coefficient (Wildman–Crippen LogP) is 1.04. The molecule has 1 atom stereocenters. The lowest BCUT2D eigenvalue weighted by molar-refractivity contribution is -0.141. The first-order chi connectivity index (χ1) is 10.9. The normalized spacial score (nSPS) is 17.6. The fraction of sp³-hybridized carbons (Fsp3) is 0.286. The zero-order chi connectivity index (χ0) is 16.6. The van der Waals surface area contributed by atoms with Crippen molar-refractivity contribution in [2.75, 3.05) is 7.11 Å². The minimum Gasteiger partial charge on any atom is -0.497 e. The minimum atomic E-state index is -3.95. The van der Waals surface area contributed by atoms with Crippen molar-refractivity contribution < 1.29 is 23.1 Å². The third-order valence-corrected chi connectivity index (χ3v) is 5.68. The number of halogens is 1. The Labute approximate surface area is 144 Å². The molecular formula is C14H16ClN3O5S. The quantitative estimate of drug-likeness (QED) is 0.828. The molecule has 0 saturated carbocycles. The number of aromatic amines is 1. The monoisotopic (exact) mass is 373 g/mol. The number of rotatable bonds is 4. The van der Waals surface area contributed by atoms with Crippen LogP contribution in [0.1, 0.15) is 11.4 Å². The van der Waals surface area contributed by atoms with Crippen LogP contribution in [0.3, 0.4) is 0 Å². The summed E-state index contributed by atoms with van der Waals surface area (Å²) in [6.07, 6.45) is 1.47. The second-order valence-electron chi connectivity index (χ2n) is 5.11. The Hall–Kier alpha value is -2.10. The highest BCUT2D eigenvalue weighted by atomic mass is 35.5. The molecule has 10 heteroatoms. The van der Waals surface area contributed by atoms with Crippen molar-refractivity contribution in [2.45, 2.75) is 23.9 Å². The van der Waals surface area contributed by atoms with E-state index in [1.54, 1.807) is 0 Å². The lowest BCUT2D eigenvalue weighted by Crippen LogP contribution is -2.48. The van der Waals surface area contributed by atoms with Gasteiger partial charge in [0.15, 0.2) is 0 Å². The third-order valence-electron chi connectivity index (χ3n) is 3.81. The molecule has 2 heterocycles. The predicted molar refractivity (Wildman–Crippen MR) is 86.7 cm³/mol. The highest BCUT2D eigenvalue weighted by Gasteiger charge is 2.40. The fourth-order valence-corrected chi connectivity index (χ4v) is 4.11. The van der Waals surface area contributed by atoms with Crippen molar-refractivity contribution in [1.82, 2.24) is 14.3 Å². The van der Waals surface area contributed by atoms with Gasteiger partial charge in [0.25, 0.3) is 0 Å². The van der Waals surface area contributed by atoms with Gasteiger partial charge < -0.3 is 14.8 Å². The van der Waals surface area contributed by atoms with Crippen LogP contribution in [0.4, 0.5) is 0 Å². The molecule has 2 aromatic rings. The van der Waals surface area contributed by atoms with Gasteiger partial charge in [-0.1, -0.05) is 0 Å². The number of benzene rings is 1. The van der Waals surface area contributed by atoms with Crippen LogP contribution >= 0.6 is 12.4 Å². The third kappa shape index (κ3) is 3.10. The Morgan fingerprint density at radius 1 is 1.38 bits per heavy atom. The molecule has 0 unspecified atom stereocenters. The first-order valence-corrected chi connectivity index (χ1v) is 8.27. The smallest absolute Gasteiger partial charge is 0.322 e. The average molecular weight is 374 g/mol. The molecular weight excluding hydrogens is 358 g/mol. The lowest BCUT2D eigenvalue weighted by Gasteiger charge is -2.31. The van der Waals surface area contributed by atoms with E-state index in [1.807, 2.05) is 0 Å². The number of methoxy groups -OCH3 is 1. The van der Waals surface area contributed by atoms with Gasteiger partial charge in [-0.25, -0.2) is 13.4 Å². The largest absolute Gasteiger partial charge is 0.497 e. The lowest BCUT2D eigenvalue weighted by atomic mass is 10.1. The van der Waals surface area contributed by atoms with E-state index in [2.05, 4.69) is 9.97 Å². The standard InChI is InChI=1S/C14H15N3O5S.ClH/c1-22-9-2-4-10(5-3-9)23(20,21)17-7-12-11(15-8-16-12)6-13(17)14(18)19;/h2-5,8,13H,6-7H2,1H3,(H,15,16)(H,18,19);1H/t13-;/m1./s1. The van der Waals surface area contributed by atoms with E-state index >= 15 is 0 Å². The molecule has 0 fully saturated rings. The van der Waals surface area contributed by atoms with Gasteiger partial charge in [-0.3, -0.25) is 4.79 Å². The molecule has 0 saturated heterocycles. The van der Waals surface area contributed by atoms with Crippen LogP contribution in [0.5, 0.6) is 5.75 Å². The van der Waals surface area contributed by atoms with Crippen LogP contribution in [0.15, 0.2) is 35.5 Å². The molecule has 2 N–H and O–H groups in total. The van der Waals surface area contributed by atoms with E-state index in [9.17, 15) is 18.3 Å². The van der Waals surface area contributed by atoms with E-state index in [4.69, 9.17) is 4.74 Å². The Morgan fingerprint density at radius 2 is 2.04 bits per heavy atom. The summed E-state index contributed by atoms with van der Waals surface area (Å²) in [6, 6.07) is 4.66. The Bertz CT molecular complexity index is 834. The highest BCUT2D eigenvalue weighted by Crippen LogP contribution is 2.28. The van der Waals surface area contributed by atoms with Gasteiger partial charge in [0.1, 0.15) is 11.8 Å². The topological polar surface area (TPSA) is 113 Å². The van der Waals surface area contributed by atoms with E-state index in [0.717, 1.165) is 4.31 Å². The summed E-state index contributed by atoms with van der Waals surface area (Å²) in [7, 11) is -2.47.